The highest BCUT2D eigenvalue weighted by Gasteiger charge is 2.30. The Morgan fingerprint density at radius 3 is 1.70 bits per heavy atom. The monoisotopic (exact) mass is 612 g/mol. The molecule has 0 radical (unpaired) electrons. The largest absolute Gasteiger partial charge is 0.449 e. The molecule has 0 aromatic heterocycles. The summed E-state index contributed by atoms with van der Waals surface area (Å²) in [7, 11) is 0. The molecule has 0 unspecified atom stereocenters. The Balaban J connectivity index is 0.897. The highest BCUT2D eigenvalue weighted by atomic mass is 16.6. The summed E-state index contributed by atoms with van der Waals surface area (Å²) in [5.74, 6) is -0.935. The van der Waals surface area contributed by atoms with Crippen molar-refractivity contribution >= 4 is 23.7 Å². The number of nitrogens with zero attached hydrogens (tertiary/aromatic N) is 1. The van der Waals surface area contributed by atoms with Crippen LogP contribution in [0.4, 0.5) is 4.79 Å². The first-order chi connectivity index (χ1) is 21.5. The molecule has 2 aromatic rings. The van der Waals surface area contributed by atoms with Crippen molar-refractivity contribution in [1.82, 2.24) is 10.2 Å². The second kappa shape index (κ2) is 18.2. The molecular formula is C32H40N2O10. The number of Topliss-reactive ketones (excluding diaryl/α,β-unsaturated/α-hetero) is 1. The van der Waals surface area contributed by atoms with Crippen molar-refractivity contribution in [3.63, 3.8) is 0 Å². The lowest BCUT2D eigenvalue weighted by atomic mass is 9.98. The number of carbonyl (C=O) groups excluding carboxylic acids is 4. The molecule has 1 fully saturated rings. The van der Waals surface area contributed by atoms with E-state index in [-0.39, 0.29) is 62.7 Å². The molecule has 1 aliphatic carbocycles. The second-order valence-electron chi connectivity index (χ2n) is 10.2. The number of hydrogen-bond acceptors (Lipinski definition) is 10. The minimum Gasteiger partial charge on any atom is -0.449 e. The third kappa shape index (κ3) is 10.2. The fourth-order valence-electron chi connectivity index (χ4n) is 4.96. The van der Waals surface area contributed by atoms with Gasteiger partial charge in [-0.1, -0.05) is 48.5 Å². The molecule has 1 heterocycles. The predicted molar refractivity (Wildman–Crippen MR) is 158 cm³/mol. The van der Waals surface area contributed by atoms with Gasteiger partial charge in [0.15, 0.2) is 5.78 Å². The first-order valence-electron chi connectivity index (χ1n) is 14.9. The van der Waals surface area contributed by atoms with Crippen molar-refractivity contribution in [2.24, 2.45) is 0 Å². The van der Waals surface area contributed by atoms with Crippen LogP contribution >= 0.6 is 0 Å². The summed E-state index contributed by atoms with van der Waals surface area (Å²) in [6.45, 7) is 3.43. The van der Waals surface area contributed by atoms with Crippen molar-refractivity contribution in [2.45, 2.75) is 18.8 Å². The Morgan fingerprint density at radius 2 is 1.16 bits per heavy atom. The fraction of sp³-hybridized carbons (Fsp3) is 0.500. The van der Waals surface area contributed by atoms with Crippen molar-refractivity contribution < 1.29 is 47.6 Å². The molecule has 2 aliphatic rings. The SMILES string of the molecule is O=C(COCCOCCOCCOCCOCCNC(=O)OCC1c2ccccc2-c2ccccc21)CN1C(=O)CCC1=O. The van der Waals surface area contributed by atoms with Crippen molar-refractivity contribution in [2.75, 3.05) is 85.8 Å². The van der Waals surface area contributed by atoms with Crippen molar-refractivity contribution in [1.29, 1.82) is 0 Å². The summed E-state index contributed by atoms with van der Waals surface area (Å²) < 4.78 is 32.5. The Bertz CT molecular complexity index is 1190. The predicted octanol–water partition coefficient (Wildman–Crippen LogP) is 2.33. The van der Waals surface area contributed by atoms with E-state index in [2.05, 4.69) is 29.6 Å². The molecule has 238 valence electrons. The van der Waals surface area contributed by atoms with Gasteiger partial charge in [0.2, 0.25) is 11.8 Å². The molecular weight excluding hydrogens is 572 g/mol. The number of imide groups is 1. The molecule has 0 spiro atoms. The minimum absolute atomic E-state index is 0.0243. The number of nitrogens with one attached hydrogen (secondary N) is 1. The Morgan fingerprint density at radius 1 is 0.682 bits per heavy atom. The first-order valence-corrected chi connectivity index (χ1v) is 14.9. The molecule has 1 N–H and O–H groups in total. The lowest BCUT2D eigenvalue weighted by Gasteiger charge is -2.14. The Hall–Kier alpha value is -3.68. The van der Waals surface area contributed by atoms with Gasteiger partial charge in [-0.25, -0.2) is 4.79 Å². The summed E-state index contributed by atoms with van der Waals surface area (Å²) in [4.78, 5) is 48.0. The summed E-state index contributed by atoms with van der Waals surface area (Å²) in [6.07, 6.45) is -0.145. The topological polar surface area (TPSA) is 139 Å². The van der Waals surface area contributed by atoms with Gasteiger partial charge in [0.25, 0.3) is 0 Å². The molecule has 1 saturated heterocycles. The van der Waals surface area contributed by atoms with Gasteiger partial charge in [0.05, 0.1) is 66.0 Å². The lowest BCUT2D eigenvalue weighted by molar-refractivity contribution is -0.142. The van der Waals surface area contributed by atoms with E-state index in [1.807, 2.05) is 24.3 Å². The highest BCUT2D eigenvalue weighted by molar-refractivity contribution is 6.04. The first kappa shape index (κ1) is 33.2. The van der Waals surface area contributed by atoms with Gasteiger partial charge in [0.1, 0.15) is 13.2 Å². The van der Waals surface area contributed by atoms with Crippen LogP contribution in [0.15, 0.2) is 48.5 Å². The van der Waals surface area contributed by atoms with Crippen LogP contribution in [0.3, 0.4) is 0 Å². The van der Waals surface area contributed by atoms with Gasteiger partial charge >= 0.3 is 6.09 Å². The second-order valence-corrected chi connectivity index (χ2v) is 10.2. The van der Waals surface area contributed by atoms with Gasteiger partial charge < -0.3 is 33.7 Å². The van der Waals surface area contributed by atoms with E-state index in [0.717, 1.165) is 4.90 Å². The number of benzene rings is 2. The van der Waals surface area contributed by atoms with Gasteiger partial charge in [0, 0.05) is 25.3 Å². The molecule has 0 bridgehead atoms. The standard InChI is InChI=1S/C32H40N2O10/c35-24(21-34-30(36)9-10-31(34)37)22-43-20-19-42-18-17-41-16-15-40-14-13-39-12-11-33-32(38)44-23-29-27-7-3-1-5-25(27)26-6-2-4-8-28(26)29/h1-8,29H,9-23H2,(H,33,38). The molecule has 4 rings (SSSR count). The number of rotatable bonds is 21. The van der Waals surface area contributed by atoms with Crippen LogP contribution < -0.4 is 5.32 Å². The van der Waals surface area contributed by atoms with E-state index in [1.54, 1.807) is 0 Å². The Labute approximate surface area is 256 Å². The van der Waals surface area contributed by atoms with E-state index in [4.69, 9.17) is 28.4 Å². The van der Waals surface area contributed by atoms with Gasteiger partial charge in [-0.2, -0.15) is 0 Å². The van der Waals surface area contributed by atoms with E-state index < -0.39 is 6.09 Å². The molecule has 0 atom stereocenters. The van der Waals surface area contributed by atoms with Gasteiger partial charge in [-0.15, -0.1) is 0 Å². The van der Waals surface area contributed by atoms with Crippen LogP contribution in [0.25, 0.3) is 11.1 Å². The molecule has 3 amide bonds. The van der Waals surface area contributed by atoms with Crippen LogP contribution in [-0.2, 0) is 42.8 Å². The summed E-state index contributed by atoms with van der Waals surface area (Å²) in [6, 6.07) is 16.4. The van der Waals surface area contributed by atoms with E-state index in [9.17, 15) is 19.2 Å². The number of hydrogen-bond donors (Lipinski definition) is 1. The van der Waals surface area contributed by atoms with Gasteiger partial charge in [-0.3, -0.25) is 19.3 Å². The zero-order chi connectivity index (χ0) is 31.0. The number of ether oxygens (including phenoxy) is 6. The number of ketones is 1. The van der Waals surface area contributed by atoms with Crippen LogP contribution in [0.2, 0.25) is 0 Å². The van der Waals surface area contributed by atoms with Gasteiger partial charge in [-0.05, 0) is 22.3 Å². The van der Waals surface area contributed by atoms with E-state index in [1.165, 1.54) is 22.3 Å². The van der Waals surface area contributed by atoms with E-state index in [0.29, 0.717) is 59.4 Å². The third-order valence-electron chi connectivity index (χ3n) is 7.10. The zero-order valence-corrected chi connectivity index (χ0v) is 24.8. The third-order valence-corrected chi connectivity index (χ3v) is 7.10. The molecule has 0 saturated carbocycles. The van der Waals surface area contributed by atoms with Crippen molar-refractivity contribution in [3.8, 4) is 11.1 Å². The van der Waals surface area contributed by atoms with E-state index >= 15 is 0 Å². The maximum atomic E-state index is 12.2. The average Bonchev–Trinajstić information content (AvgIpc) is 3.53. The quantitative estimate of drug-likeness (QED) is 0.165. The number of alkyl carbamates (subject to hydrolysis) is 1. The maximum Gasteiger partial charge on any atom is 0.407 e. The van der Waals surface area contributed by atoms with Crippen molar-refractivity contribution in [3.05, 3.63) is 59.7 Å². The summed E-state index contributed by atoms with van der Waals surface area (Å²) in [5.41, 5.74) is 4.72. The number of likely N-dealkylation sites (tertiary alicyclic amines) is 1. The fourth-order valence-corrected chi connectivity index (χ4v) is 4.96. The molecule has 2 aromatic carbocycles. The molecule has 12 heteroatoms. The van der Waals surface area contributed by atoms with Crippen LogP contribution in [0, 0.1) is 0 Å². The normalized spacial score (nSPS) is 14.1. The van der Waals surface area contributed by atoms with Crippen LogP contribution in [-0.4, -0.2) is 114 Å². The smallest absolute Gasteiger partial charge is 0.407 e. The van der Waals surface area contributed by atoms with Crippen LogP contribution in [0.1, 0.15) is 29.9 Å². The number of carbonyl (C=O) groups is 4. The molecule has 12 nitrogen and oxygen atoms in total. The highest BCUT2D eigenvalue weighted by Crippen LogP contribution is 2.44. The maximum absolute atomic E-state index is 12.2. The number of amides is 3. The molecule has 1 aliphatic heterocycles. The average molecular weight is 613 g/mol. The zero-order valence-electron chi connectivity index (χ0n) is 24.8. The summed E-state index contributed by atoms with van der Waals surface area (Å²) >= 11 is 0. The molecule has 44 heavy (non-hydrogen) atoms. The Kier molecular flexibility index (Phi) is 13.7. The van der Waals surface area contributed by atoms with Crippen LogP contribution in [0.5, 0.6) is 0 Å². The summed E-state index contributed by atoms with van der Waals surface area (Å²) in [5, 5.41) is 2.72. The number of fused-ring (bicyclic) bond motifs is 3. The lowest BCUT2D eigenvalue weighted by Crippen LogP contribution is -2.35. The minimum atomic E-state index is -0.471.